The third-order valence-electron chi connectivity index (χ3n) is 9.32. The second-order valence-electron chi connectivity index (χ2n) is 13.3. The standard InChI is InChI=1S/C45H60O4/c1-4-7-10-22-31-40(36-25-16-13-17-26-36)47-43-35-34-39(46)44(48-41(32-23-11-8-5-2)37-27-18-14-19-28-37)45(43)49-42(33-24-12-9-6-3)38-29-20-15-21-30-38/h13-21,25-30,34-35,40-42,46H,4-12,22-24,31-33H2,1-3H3. The van der Waals surface area contributed by atoms with Crippen LogP contribution in [0.3, 0.4) is 0 Å². The molecule has 0 aliphatic carbocycles. The van der Waals surface area contributed by atoms with E-state index in [2.05, 4.69) is 93.6 Å². The molecule has 0 aliphatic rings. The highest BCUT2D eigenvalue weighted by atomic mass is 16.6. The molecule has 0 fully saturated rings. The number of benzene rings is 4. The largest absolute Gasteiger partial charge is 0.504 e. The molecule has 4 heteroatoms. The summed E-state index contributed by atoms with van der Waals surface area (Å²) in [5.41, 5.74) is 3.34. The number of aromatic hydroxyl groups is 1. The molecule has 3 atom stereocenters. The van der Waals surface area contributed by atoms with Crippen LogP contribution in [0.5, 0.6) is 23.0 Å². The zero-order valence-electron chi connectivity index (χ0n) is 30.3. The average molecular weight is 665 g/mol. The lowest BCUT2D eigenvalue weighted by Gasteiger charge is -2.28. The van der Waals surface area contributed by atoms with Gasteiger partial charge in [-0.3, -0.25) is 0 Å². The van der Waals surface area contributed by atoms with Crippen molar-refractivity contribution in [2.24, 2.45) is 0 Å². The summed E-state index contributed by atoms with van der Waals surface area (Å²) in [6.45, 7) is 6.71. The van der Waals surface area contributed by atoms with Crippen molar-refractivity contribution in [1.29, 1.82) is 0 Å². The second kappa shape index (κ2) is 21.9. The van der Waals surface area contributed by atoms with Gasteiger partial charge in [-0.2, -0.15) is 0 Å². The first kappa shape index (κ1) is 37.9. The maximum absolute atomic E-state index is 11.5. The van der Waals surface area contributed by atoms with Gasteiger partial charge in [0.05, 0.1) is 0 Å². The van der Waals surface area contributed by atoms with E-state index in [0.29, 0.717) is 17.2 Å². The molecule has 49 heavy (non-hydrogen) atoms. The van der Waals surface area contributed by atoms with E-state index < -0.39 is 0 Å². The highest BCUT2D eigenvalue weighted by molar-refractivity contribution is 5.59. The van der Waals surface area contributed by atoms with Crippen molar-refractivity contribution in [2.75, 3.05) is 0 Å². The molecule has 264 valence electrons. The number of phenolic OH excluding ortho intramolecular Hbond substituents is 1. The fourth-order valence-corrected chi connectivity index (χ4v) is 6.44. The summed E-state index contributed by atoms with van der Waals surface area (Å²) in [6.07, 6.45) is 15.8. The van der Waals surface area contributed by atoms with Gasteiger partial charge in [0.25, 0.3) is 0 Å². The van der Waals surface area contributed by atoms with Gasteiger partial charge < -0.3 is 19.3 Å². The van der Waals surface area contributed by atoms with Crippen LogP contribution >= 0.6 is 0 Å². The van der Waals surface area contributed by atoms with Crippen molar-refractivity contribution in [1.82, 2.24) is 0 Å². The molecule has 4 aromatic rings. The molecule has 0 amide bonds. The Bertz CT molecular complexity index is 1420. The average Bonchev–Trinajstić information content (AvgIpc) is 3.15. The third-order valence-corrected chi connectivity index (χ3v) is 9.32. The lowest BCUT2D eigenvalue weighted by Crippen LogP contribution is -2.14. The molecule has 1 N–H and O–H groups in total. The maximum Gasteiger partial charge on any atom is 0.208 e. The van der Waals surface area contributed by atoms with Crippen LogP contribution in [0.2, 0.25) is 0 Å². The first-order valence-corrected chi connectivity index (χ1v) is 19.1. The van der Waals surface area contributed by atoms with Crippen molar-refractivity contribution in [3.8, 4) is 23.0 Å². The Balaban J connectivity index is 1.77. The third kappa shape index (κ3) is 12.5. The van der Waals surface area contributed by atoms with Crippen LogP contribution in [0.4, 0.5) is 0 Å². The number of ether oxygens (including phenoxy) is 3. The van der Waals surface area contributed by atoms with Gasteiger partial charge in [0.15, 0.2) is 11.5 Å². The molecule has 0 spiro atoms. The SMILES string of the molecule is CCCCCCC(Oc1ccc(O)c(OC(CCCCCC)c2ccccc2)c1OC(CCCCCC)c1ccccc1)c1ccccc1. The van der Waals surface area contributed by atoms with Gasteiger partial charge in [-0.15, -0.1) is 0 Å². The van der Waals surface area contributed by atoms with E-state index in [1.165, 1.54) is 44.9 Å². The molecule has 0 saturated heterocycles. The Labute approximate surface area is 296 Å². The summed E-state index contributed by atoms with van der Waals surface area (Å²) in [5, 5.41) is 11.5. The summed E-state index contributed by atoms with van der Waals surface area (Å²) in [6, 6.07) is 34.9. The highest BCUT2D eigenvalue weighted by Crippen LogP contribution is 2.49. The normalized spacial score (nSPS) is 13.0. The van der Waals surface area contributed by atoms with Crippen LogP contribution in [-0.4, -0.2) is 5.11 Å². The molecule has 4 rings (SSSR count). The topological polar surface area (TPSA) is 47.9 Å². The molecule has 0 bridgehead atoms. The predicted octanol–water partition coefficient (Wildman–Crippen LogP) is 13.7. The molecule has 0 radical (unpaired) electrons. The zero-order valence-corrected chi connectivity index (χ0v) is 30.3. The Kier molecular flexibility index (Phi) is 17.0. The van der Waals surface area contributed by atoms with Crippen LogP contribution < -0.4 is 14.2 Å². The van der Waals surface area contributed by atoms with E-state index in [4.69, 9.17) is 14.2 Å². The van der Waals surface area contributed by atoms with Gasteiger partial charge in [-0.05, 0) is 67.3 Å². The van der Waals surface area contributed by atoms with Gasteiger partial charge >= 0.3 is 0 Å². The summed E-state index contributed by atoms with van der Waals surface area (Å²) in [7, 11) is 0. The Morgan fingerprint density at radius 3 is 1.16 bits per heavy atom. The predicted molar refractivity (Wildman–Crippen MR) is 204 cm³/mol. The van der Waals surface area contributed by atoms with Gasteiger partial charge in [0.1, 0.15) is 18.3 Å². The Morgan fingerprint density at radius 2 is 0.776 bits per heavy atom. The van der Waals surface area contributed by atoms with Crippen molar-refractivity contribution in [3.63, 3.8) is 0 Å². The summed E-state index contributed by atoms with van der Waals surface area (Å²) < 4.78 is 21.0. The van der Waals surface area contributed by atoms with Crippen LogP contribution in [0, 0.1) is 0 Å². The maximum atomic E-state index is 11.5. The molecule has 4 aromatic carbocycles. The monoisotopic (exact) mass is 664 g/mol. The molecule has 0 saturated carbocycles. The Hall–Kier alpha value is -3.92. The minimum Gasteiger partial charge on any atom is -0.504 e. The molecule has 0 aromatic heterocycles. The van der Waals surface area contributed by atoms with Gasteiger partial charge in [-0.1, -0.05) is 170 Å². The number of rotatable bonds is 24. The fourth-order valence-electron chi connectivity index (χ4n) is 6.44. The molecular weight excluding hydrogens is 604 g/mol. The number of hydrogen-bond donors (Lipinski definition) is 1. The number of unbranched alkanes of at least 4 members (excludes halogenated alkanes) is 9. The molecular formula is C45H60O4. The van der Waals surface area contributed by atoms with Crippen molar-refractivity contribution in [3.05, 3.63) is 120 Å². The Morgan fingerprint density at radius 1 is 0.408 bits per heavy atom. The van der Waals surface area contributed by atoms with E-state index >= 15 is 0 Å². The zero-order chi connectivity index (χ0) is 34.5. The van der Waals surface area contributed by atoms with E-state index in [1.807, 2.05) is 24.3 Å². The molecule has 0 aliphatic heterocycles. The second-order valence-corrected chi connectivity index (χ2v) is 13.3. The molecule has 3 unspecified atom stereocenters. The molecule has 0 heterocycles. The van der Waals surface area contributed by atoms with Gasteiger partial charge in [0, 0.05) is 0 Å². The van der Waals surface area contributed by atoms with E-state index in [0.717, 1.165) is 68.1 Å². The lowest BCUT2D eigenvalue weighted by atomic mass is 10.0. The van der Waals surface area contributed by atoms with Crippen LogP contribution in [0.15, 0.2) is 103 Å². The quantitative estimate of drug-likeness (QED) is 0.0757. The van der Waals surface area contributed by atoms with Crippen molar-refractivity contribution < 1.29 is 19.3 Å². The molecule has 4 nitrogen and oxygen atoms in total. The summed E-state index contributed by atoms with van der Waals surface area (Å²) >= 11 is 0. The smallest absolute Gasteiger partial charge is 0.208 e. The first-order chi connectivity index (χ1) is 24.1. The van der Waals surface area contributed by atoms with Crippen molar-refractivity contribution in [2.45, 2.75) is 135 Å². The summed E-state index contributed by atoms with van der Waals surface area (Å²) in [5.74, 6) is 1.50. The first-order valence-electron chi connectivity index (χ1n) is 19.1. The minimum atomic E-state index is -0.236. The van der Waals surface area contributed by atoms with E-state index in [1.54, 1.807) is 6.07 Å². The van der Waals surface area contributed by atoms with Crippen molar-refractivity contribution >= 4 is 0 Å². The van der Waals surface area contributed by atoms with E-state index in [-0.39, 0.29) is 24.1 Å². The lowest BCUT2D eigenvalue weighted by molar-refractivity contribution is 0.129. The fraction of sp³-hybridized carbons (Fsp3) is 0.467. The number of phenols is 1. The van der Waals surface area contributed by atoms with Gasteiger partial charge in [0.2, 0.25) is 11.5 Å². The number of hydrogen-bond acceptors (Lipinski definition) is 4. The minimum absolute atomic E-state index is 0.0637. The van der Waals surface area contributed by atoms with Crippen LogP contribution in [0.1, 0.15) is 152 Å². The summed E-state index contributed by atoms with van der Waals surface area (Å²) in [4.78, 5) is 0. The van der Waals surface area contributed by atoms with Crippen LogP contribution in [-0.2, 0) is 0 Å². The van der Waals surface area contributed by atoms with E-state index in [9.17, 15) is 5.11 Å². The van der Waals surface area contributed by atoms with Crippen LogP contribution in [0.25, 0.3) is 0 Å². The van der Waals surface area contributed by atoms with Gasteiger partial charge in [-0.25, -0.2) is 0 Å². The highest BCUT2D eigenvalue weighted by Gasteiger charge is 2.27.